The van der Waals surface area contributed by atoms with E-state index in [1.807, 2.05) is 0 Å². The number of carbonyl (C=O) groups is 1. The van der Waals surface area contributed by atoms with E-state index in [-0.39, 0.29) is 36.0 Å². The summed E-state index contributed by atoms with van der Waals surface area (Å²) in [7, 11) is -2.83. The van der Waals surface area contributed by atoms with E-state index in [0.29, 0.717) is 5.01 Å². The van der Waals surface area contributed by atoms with Crippen LogP contribution < -0.4 is 10.6 Å². The molecule has 2 atom stereocenters. The Balaban J connectivity index is 2.21. The van der Waals surface area contributed by atoms with E-state index in [1.54, 1.807) is 20.8 Å². The average Bonchev–Trinajstić information content (AvgIpc) is 2.80. The lowest BCUT2D eigenvalue weighted by Gasteiger charge is -2.42. The molecule has 2 aliphatic rings. The Hall–Kier alpha value is -2.93. The number of carbonyl (C=O) groups excluding carboxylic acids is 1. The molecule has 1 aromatic rings. The molecule has 1 aromatic carbocycles. The third kappa shape index (κ3) is 3.90. The summed E-state index contributed by atoms with van der Waals surface area (Å²) in [5.74, 6) is 5.82. The van der Waals surface area contributed by atoms with Crippen LogP contribution in [0.3, 0.4) is 0 Å². The molecule has 0 aliphatic carbocycles. The van der Waals surface area contributed by atoms with Crippen LogP contribution in [-0.2, 0) is 20.3 Å². The summed E-state index contributed by atoms with van der Waals surface area (Å²) in [5, 5.41) is 10.8. The number of nitrogens with zero attached hydrogens (tertiary/aromatic N) is 4. The van der Waals surface area contributed by atoms with Gasteiger partial charge in [0.2, 0.25) is 16.0 Å². The molecule has 0 fully saturated rings. The highest BCUT2D eigenvalue weighted by Crippen LogP contribution is 2.46. The van der Waals surface area contributed by atoms with E-state index in [0.717, 1.165) is 4.31 Å². The number of guanidine groups is 1. The second kappa shape index (κ2) is 7.34. The third-order valence-corrected chi connectivity index (χ3v) is 7.49. The van der Waals surface area contributed by atoms with Crippen molar-refractivity contribution >= 4 is 27.8 Å². The molecule has 0 unspecified atom stereocenters. The normalized spacial score (nSPS) is 24.6. The first-order valence-corrected chi connectivity index (χ1v) is 11.0. The molecule has 3 rings (SSSR count). The summed E-state index contributed by atoms with van der Waals surface area (Å²) in [5.41, 5.74) is -2.40. The van der Waals surface area contributed by atoms with Crippen LogP contribution in [0.1, 0.15) is 39.7 Å². The quantitative estimate of drug-likeness (QED) is 0.290. The predicted molar refractivity (Wildman–Crippen MR) is 111 cm³/mol. The Kier molecular flexibility index (Phi) is 5.39. The standard InChI is InChI=1S/C18H25N5O7S/c1-17(2,3)30-16(24)22(19)15-20-18(4)12-10-11(23(25)26)6-7-13(12)29-9-8-14(18)31(27,28)21(15)5/h6-7,10,14H,8-9,19H2,1-5H3/t14-,18-/m1/s1. The zero-order valence-electron chi connectivity index (χ0n) is 17.9. The number of hydrogen-bond acceptors (Lipinski definition) is 9. The number of non-ortho nitro benzene ring substituents is 1. The van der Waals surface area contributed by atoms with Crippen molar-refractivity contribution in [3.63, 3.8) is 0 Å². The number of amides is 1. The lowest BCUT2D eigenvalue weighted by Crippen LogP contribution is -2.61. The molecular formula is C18H25N5O7S. The highest BCUT2D eigenvalue weighted by molar-refractivity contribution is 7.90. The number of hydrazine groups is 1. The molecule has 0 radical (unpaired) electrons. The van der Waals surface area contributed by atoms with Crippen LogP contribution in [0, 0.1) is 10.1 Å². The average molecular weight is 455 g/mol. The maximum atomic E-state index is 13.4. The molecule has 0 saturated heterocycles. The van der Waals surface area contributed by atoms with Gasteiger partial charge in [-0.2, -0.15) is 5.01 Å². The van der Waals surface area contributed by atoms with Crippen molar-refractivity contribution in [1.82, 2.24) is 9.31 Å². The SMILES string of the molecule is CN1C(N(N)C(=O)OC(C)(C)C)=N[C@]2(C)c3cc([N+](=O)[O-])ccc3OCC[C@H]2S1(=O)=O. The fraction of sp³-hybridized carbons (Fsp3) is 0.556. The Morgan fingerprint density at radius 3 is 2.68 bits per heavy atom. The minimum absolute atomic E-state index is 0.0708. The molecule has 2 aliphatic heterocycles. The number of nitro groups is 1. The number of nitrogens with two attached hydrogens (primary N) is 1. The van der Waals surface area contributed by atoms with Gasteiger partial charge in [0.1, 0.15) is 22.1 Å². The number of sulfonamides is 1. The highest BCUT2D eigenvalue weighted by atomic mass is 32.2. The number of fused-ring (bicyclic) bond motifs is 3. The molecule has 31 heavy (non-hydrogen) atoms. The number of nitro benzene ring substituents is 1. The van der Waals surface area contributed by atoms with Crippen LogP contribution in [0.4, 0.5) is 10.5 Å². The summed E-state index contributed by atoms with van der Waals surface area (Å²) < 4.78 is 38.5. The van der Waals surface area contributed by atoms with E-state index in [9.17, 15) is 23.3 Å². The summed E-state index contributed by atoms with van der Waals surface area (Å²) in [6, 6.07) is 3.92. The first-order valence-electron chi connectivity index (χ1n) is 9.45. The lowest BCUT2D eigenvalue weighted by molar-refractivity contribution is -0.385. The Morgan fingerprint density at radius 1 is 1.45 bits per heavy atom. The van der Waals surface area contributed by atoms with Crippen molar-refractivity contribution in [1.29, 1.82) is 0 Å². The Morgan fingerprint density at radius 2 is 2.10 bits per heavy atom. The monoisotopic (exact) mass is 455 g/mol. The first kappa shape index (κ1) is 22.7. The summed E-state index contributed by atoms with van der Waals surface area (Å²) in [6.07, 6.45) is -0.918. The van der Waals surface area contributed by atoms with E-state index < -0.39 is 37.4 Å². The van der Waals surface area contributed by atoms with Gasteiger partial charge in [0, 0.05) is 31.2 Å². The minimum atomic E-state index is -4.07. The van der Waals surface area contributed by atoms with Gasteiger partial charge < -0.3 is 9.47 Å². The molecule has 1 amide bonds. The minimum Gasteiger partial charge on any atom is -0.493 e. The van der Waals surface area contributed by atoms with Gasteiger partial charge in [-0.25, -0.2) is 28.4 Å². The molecule has 2 heterocycles. The van der Waals surface area contributed by atoms with Gasteiger partial charge in [0.25, 0.3) is 5.69 Å². The largest absolute Gasteiger partial charge is 0.493 e. The number of aliphatic imine (C=N–C) groups is 1. The summed E-state index contributed by atoms with van der Waals surface area (Å²) in [4.78, 5) is 27.8. The molecule has 2 N–H and O–H groups in total. The van der Waals surface area contributed by atoms with Gasteiger partial charge in [0.05, 0.1) is 11.5 Å². The van der Waals surface area contributed by atoms with Crippen LogP contribution in [0.2, 0.25) is 0 Å². The molecule has 13 heteroatoms. The number of rotatable bonds is 1. The van der Waals surface area contributed by atoms with Crippen LogP contribution >= 0.6 is 0 Å². The maximum absolute atomic E-state index is 13.4. The van der Waals surface area contributed by atoms with Crippen molar-refractivity contribution in [3.8, 4) is 5.75 Å². The topological polar surface area (TPSA) is 158 Å². The lowest BCUT2D eigenvalue weighted by atomic mass is 9.87. The van der Waals surface area contributed by atoms with Gasteiger partial charge in [-0.1, -0.05) is 0 Å². The zero-order chi connectivity index (χ0) is 23.4. The van der Waals surface area contributed by atoms with Crippen LogP contribution in [-0.4, -0.2) is 59.2 Å². The molecule has 0 saturated carbocycles. The van der Waals surface area contributed by atoms with Crippen LogP contribution in [0.15, 0.2) is 23.2 Å². The smallest absolute Gasteiger partial charge is 0.431 e. The molecule has 0 bridgehead atoms. The van der Waals surface area contributed by atoms with Gasteiger partial charge in [-0.3, -0.25) is 10.1 Å². The zero-order valence-corrected chi connectivity index (χ0v) is 18.7. The first-order chi connectivity index (χ1) is 14.2. The number of ether oxygens (including phenoxy) is 2. The second-order valence-corrected chi connectivity index (χ2v) is 10.6. The van der Waals surface area contributed by atoms with E-state index in [4.69, 9.17) is 15.3 Å². The Bertz CT molecular complexity index is 1070. The van der Waals surface area contributed by atoms with E-state index >= 15 is 0 Å². The van der Waals surface area contributed by atoms with E-state index in [2.05, 4.69) is 4.99 Å². The van der Waals surface area contributed by atoms with Gasteiger partial charge in [0.15, 0.2) is 0 Å². The fourth-order valence-corrected chi connectivity index (χ4v) is 5.53. The number of benzene rings is 1. The molecule has 170 valence electrons. The van der Waals surface area contributed by atoms with Crippen molar-refractivity contribution in [2.45, 2.75) is 50.5 Å². The second-order valence-electron chi connectivity index (χ2n) is 8.49. The third-order valence-electron chi connectivity index (χ3n) is 5.14. The van der Waals surface area contributed by atoms with Gasteiger partial charge >= 0.3 is 6.09 Å². The van der Waals surface area contributed by atoms with Crippen molar-refractivity contribution < 1.29 is 27.6 Å². The van der Waals surface area contributed by atoms with Gasteiger partial charge in [-0.15, -0.1) is 0 Å². The van der Waals surface area contributed by atoms with E-state index in [1.165, 1.54) is 32.2 Å². The van der Waals surface area contributed by atoms with Gasteiger partial charge in [-0.05, 0) is 33.8 Å². The maximum Gasteiger partial charge on any atom is 0.431 e. The molecule has 0 aromatic heterocycles. The molecular weight excluding hydrogens is 430 g/mol. The number of hydrogen-bond donors (Lipinski definition) is 1. The summed E-state index contributed by atoms with van der Waals surface area (Å²) in [6.45, 7) is 6.51. The van der Waals surface area contributed by atoms with Crippen molar-refractivity contribution in [3.05, 3.63) is 33.9 Å². The summed E-state index contributed by atoms with van der Waals surface area (Å²) >= 11 is 0. The highest BCUT2D eigenvalue weighted by Gasteiger charge is 2.54. The molecule has 12 nitrogen and oxygen atoms in total. The van der Waals surface area contributed by atoms with Crippen LogP contribution in [0.5, 0.6) is 5.75 Å². The molecule has 0 spiro atoms. The van der Waals surface area contributed by atoms with Crippen molar-refractivity contribution in [2.24, 2.45) is 10.8 Å². The fourth-order valence-electron chi connectivity index (χ4n) is 3.64. The Labute approximate surface area is 179 Å². The van der Waals surface area contributed by atoms with Crippen LogP contribution in [0.25, 0.3) is 0 Å². The van der Waals surface area contributed by atoms with Crippen molar-refractivity contribution in [2.75, 3.05) is 13.7 Å². The predicted octanol–water partition coefficient (Wildman–Crippen LogP) is 1.70.